The second-order valence-corrected chi connectivity index (χ2v) is 9.28. The molecule has 0 heterocycles. The van der Waals surface area contributed by atoms with Crippen LogP contribution >= 0.6 is 46.4 Å². The summed E-state index contributed by atoms with van der Waals surface area (Å²) in [7, 11) is -5.08. The third kappa shape index (κ3) is 3.65. The predicted molar refractivity (Wildman–Crippen MR) is 114 cm³/mol. The lowest BCUT2D eigenvalue weighted by Crippen LogP contribution is -2.39. The Morgan fingerprint density at radius 2 is 1.38 bits per heavy atom. The molecule has 0 fully saturated rings. The lowest BCUT2D eigenvalue weighted by molar-refractivity contribution is 0.455. The van der Waals surface area contributed by atoms with Crippen LogP contribution in [0.3, 0.4) is 0 Å². The van der Waals surface area contributed by atoms with Crippen LogP contribution in [0.1, 0.15) is 16.7 Å². The number of halogens is 4. The Labute approximate surface area is 186 Å². The van der Waals surface area contributed by atoms with Gasteiger partial charge in [-0.25, -0.2) is 0 Å². The van der Waals surface area contributed by atoms with E-state index in [-0.39, 0.29) is 37.5 Å². The molecule has 152 valence electrons. The summed E-state index contributed by atoms with van der Waals surface area (Å²) in [6, 6.07) is 11.6. The van der Waals surface area contributed by atoms with Crippen LogP contribution in [0.5, 0.6) is 11.5 Å². The Balaban J connectivity index is 2.63. The average Bonchev–Trinajstić information content (AvgIpc) is 2.60. The first-order chi connectivity index (χ1) is 13.5. The zero-order chi connectivity index (χ0) is 21.6. The number of phenols is 2. The standard InChI is InChI=1S/C19H12Cl4O5S/c20-11-6-4-10(5-7-11)19(29(26,27)28,13-2-1-3-16(25)18(13)23)17-14(21)8-12(24)9-15(17)22/h1-9,24-25H,(H,26,27,28). The fraction of sp³-hybridized carbons (Fsp3) is 0.0526. The average molecular weight is 494 g/mol. The molecule has 3 aromatic rings. The second kappa shape index (κ2) is 7.87. The van der Waals surface area contributed by atoms with Crippen molar-refractivity contribution < 1.29 is 23.2 Å². The molecule has 1 unspecified atom stereocenters. The number of benzene rings is 3. The van der Waals surface area contributed by atoms with E-state index >= 15 is 0 Å². The first-order valence-electron chi connectivity index (χ1n) is 7.89. The van der Waals surface area contributed by atoms with E-state index in [1.165, 1.54) is 42.5 Å². The largest absolute Gasteiger partial charge is 0.508 e. The van der Waals surface area contributed by atoms with Gasteiger partial charge in [-0.1, -0.05) is 70.7 Å². The maximum atomic E-state index is 13.0. The number of hydrogen-bond acceptors (Lipinski definition) is 4. The van der Waals surface area contributed by atoms with E-state index in [9.17, 15) is 23.2 Å². The first-order valence-corrected chi connectivity index (χ1v) is 10.8. The van der Waals surface area contributed by atoms with Crippen LogP contribution < -0.4 is 0 Å². The lowest BCUT2D eigenvalue weighted by Gasteiger charge is -2.34. The Kier molecular flexibility index (Phi) is 5.98. The fourth-order valence-corrected chi connectivity index (χ4v) is 5.90. The van der Waals surface area contributed by atoms with E-state index in [0.29, 0.717) is 5.02 Å². The van der Waals surface area contributed by atoms with Crippen LogP contribution in [0.2, 0.25) is 20.1 Å². The van der Waals surface area contributed by atoms with Gasteiger partial charge >= 0.3 is 0 Å². The van der Waals surface area contributed by atoms with Gasteiger partial charge in [0.25, 0.3) is 10.1 Å². The zero-order valence-corrected chi connectivity index (χ0v) is 18.1. The Hall–Kier alpha value is -1.67. The third-order valence-electron chi connectivity index (χ3n) is 4.37. The molecule has 1 atom stereocenters. The van der Waals surface area contributed by atoms with E-state index in [1.54, 1.807) is 0 Å². The van der Waals surface area contributed by atoms with Crippen molar-refractivity contribution in [3.8, 4) is 11.5 Å². The van der Waals surface area contributed by atoms with Gasteiger partial charge in [-0.2, -0.15) is 8.42 Å². The van der Waals surface area contributed by atoms with Gasteiger partial charge in [0.2, 0.25) is 0 Å². The Morgan fingerprint density at radius 1 is 0.828 bits per heavy atom. The summed E-state index contributed by atoms with van der Waals surface area (Å²) in [5, 5.41) is 19.4. The Bertz CT molecular complexity index is 1170. The van der Waals surface area contributed by atoms with Crippen molar-refractivity contribution in [2.75, 3.05) is 0 Å². The summed E-state index contributed by atoms with van der Waals surface area (Å²) < 4.78 is 34.1. The minimum Gasteiger partial charge on any atom is -0.508 e. The summed E-state index contributed by atoms with van der Waals surface area (Å²) in [6.45, 7) is 0. The predicted octanol–water partition coefficient (Wildman–Crippen LogP) is 5.89. The summed E-state index contributed by atoms with van der Waals surface area (Å²) in [6.07, 6.45) is 0. The van der Waals surface area contributed by atoms with Crippen molar-refractivity contribution in [2.45, 2.75) is 4.75 Å². The molecule has 0 radical (unpaired) electrons. The molecule has 3 aromatic carbocycles. The number of aromatic hydroxyl groups is 2. The molecule has 3 rings (SSSR count). The van der Waals surface area contributed by atoms with Crippen LogP contribution in [-0.2, 0) is 14.9 Å². The van der Waals surface area contributed by atoms with Crippen molar-refractivity contribution in [1.82, 2.24) is 0 Å². The van der Waals surface area contributed by atoms with Gasteiger partial charge in [-0.05, 0) is 35.9 Å². The van der Waals surface area contributed by atoms with Crippen LogP contribution in [0.15, 0.2) is 54.6 Å². The topological polar surface area (TPSA) is 94.8 Å². The maximum absolute atomic E-state index is 13.0. The summed E-state index contributed by atoms with van der Waals surface area (Å²) in [5.41, 5.74) is -0.444. The molecule has 5 nitrogen and oxygen atoms in total. The molecule has 0 spiro atoms. The molecule has 0 aliphatic rings. The Morgan fingerprint density at radius 3 is 1.90 bits per heavy atom. The van der Waals surface area contributed by atoms with Gasteiger partial charge in [0.15, 0.2) is 4.75 Å². The highest BCUT2D eigenvalue weighted by atomic mass is 35.5. The van der Waals surface area contributed by atoms with Gasteiger partial charge in [0, 0.05) is 16.1 Å². The molecule has 0 amide bonds. The van der Waals surface area contributed by atoms with Gasteiger partial charge in [0.05, 0.1) is 15.1 Å². The number of phenolic OH excluding ortho intramolecular Hbond substituents is 2. The van der Waals surface area contributed by atoms with Crippen molar-refractivity contribution in [1.29, 1.82) is 0 Å². The van der Waals surface area contributed by atoms with Crippen molar-refractivity contribution in [2.24, 2.45) is 0 Å². The van der Waals surface area contributed by atoms with E-state index < -0.39 is 20.6 Å². The first kappa shape index (κ1) is 22.0. The molecule has 10 heteroatoms. The van der Waals surface area contributed by atoms with E-state index in [2.05, 4.69) is 0 Å². The summed E-state index contributed by atoms with van der Waals surface area (Å²) in [4.78, 5) is 0. The second-order valence-electron chi connectivity index (χ2n) is 6.09. The highest BCUT2D eigenvalue weighted by Crippen LogP contribution is 2.52. The van der Waals surface area contributed by atoms with Crippen molar-refractivity contribution in [3.63, 3.8) is 0 Å². The van der Waals surface area contributed by atoms with E-state index in [4.69, 9.17) is 46.4 Å². The van der Waals surface area contributed by atoms with Crippen LogP contribution in [0, 0.1) is 0 Å². The minimum absolute atomic E-state index is 0.00592. The van der Waals surface area contributed by atoms with Crippen molar-refractivity contribution >= 4 is 56.5 Å². The monoisotopic (exact) mass is 492 g/mol. The number of rotatable bonds is 4. The molecule has 0 aliphatic carbocycles. The molecule has 29 heavy (non-hydrogen) atoms. The van der Waals surface area contributed by atoms with Crippen LogP contribution in [0.25, 0.3) is 0 Å². The summed E-state index contributed by atoms with van der Waals surface area (Å²) >= 11 is 24.8. The molecule has 0 saturated carbocycles. The van der Waals surface area contributed by atoms with Crippen LogP contribution in [0.4, 0.5) is 0 Å². The third-order valence-corrected chi connectivity index (χ3v) is 7.05. The molecular weight excluding hydrogens is 482 g/mol. The van der Waals surface area contributed by atoms with E-state index in [1.807, 2.05) is 0 Å². The normalized spacial score (nSPS) is 13.8. The van der Waals surface area contributed by atoms with Gasteiger partial charge in [0.1, 0.15) is 11.5 Å². The molecule has 0 aliphatic heterocycles. The quantitative estimate of drug-likeness (QED) is 0.311. The molecular formula is C19H12Cl4O5S. The van der Waals surface area contributed by atoms with E-state index in [0.717, 1.165) is 12.1 Å². The van der Waals surface area contributed by atoms with Gasteiger partial charge in [-0.3, -0.25) is 4.55 Å². The zero-order valence-electron chi connectivity index (χ0n) is 14.3. The maximum Gasteiger partial charge on any atom is 0.283 e. The van der Waals surface area contributed by atoms with Gasteiger partial charge in [-0.15, -0.1) is 0 Å². The molecule has 3 N–H and O–H groups in total. The van der Waals surface area contributed by atoms with Gasteiger partial charge < -0.3 is 10.2 Å². The van der Waals surface area contributed by atoms with Crippen LogP contribution in [-0.4, -0.2) is 23.2 Å². The van der Waals surface area contributed by atoms with Crippen molar-refractivity contribution in [3.05, 3.63) is 91.4 Å². The SMILES string of the molecule is O=S(=O)(O)C(c1ccc(Cl)cc1)(c1cccc(O)c1Cl)c1c(Cl)cc(O)cc1Cl. The molecule has 0 saturated heterocycles. The minimum atomic E-state index is -5.08. The smallest absolute Gasteiger partial charge is 0.283 e. The lowest BCUT2D eigenvalue weighted by atomic mass is 9.83. The highest BCUT2D eigenvalue weighted by molar-refractivity contribution is 7.87. The number of hydrogen-bond donors (Lipinski definition) is 3. The summed E-state index contributed by atoms with van der Waals surface area (Å²) in [5.74, 6) is -0.733. The molecule has 0 aromatic heterocycles. The fourth-order valence-electron chi connectivity index (χ4n) is 3.22. The molecule has 0 bridgehead atoms. The highest BCUT2D eigenvalue weighted by Gasteiger charge is 2.52.